The van der Waals surface area contributed by atoms with Crippen molar-refractivity contribution in [3.8, 4) is 0 Å². The number of hydrogen-bond acceptors (Lipinski definition) is 2. The highest BCUT2D eigenvalue weighted by molar-refractivity contribution is 9.10. The van der Waals surface area contributed by atoms with Crippen LogP contribution < -0.4 is 0 Å². The van der Waals surface area contributed by atoms with Gasteiger partial charge in [0.05, 0.1) is 16.6 Å². The molecule has 0 heterocycles. The maximum Gasteiger partial charge on any atom is 0.175 e. The Morgan fingerprint density at radius 2 is 1.63 bits per heavy atom. The van der Waals surface area contributed by atoms with Gasteiger partial charge in [-0.2, -0.15) is 0 Å². The number of carbonyl (C=O) groups is 1. The average Bonchev–Trinajstić information content (AvgIpc) is 2.40. The molecule has 5 heteroatoms. The van der Waals surface area contributed by atoms with Crippen LogP contribution >= 0.6 is 27.5 Å². The lowest BCUT2D eigenvalue weighted by Gasteiger charge is -2.03. The molecular formula is C14H10BrClO2S. The zero-order valence-electron chi connectivity index (χ0n) is 9.81. The van der Waals surface area contributed by atoms with Gasteiger partial charge in [0.2, 0.25) is 0 Å². The fraction of sp³-hybridized carbons (Fsp3) is 0.0714. The summed E-state index contributed by atoms with van der Waals surface area (Å²) < 4.78 is 13.0. The van der Waals surface area contributed by atoms with E-state index in [1.807, 2.05) is 0 Å². The number of rotatable bonds is 4. The highest BCUT2D eigenvalue weighted by Gasteiger charge is 2.12. The van der Waals surface area contributed by atoms with E-state index in [2.05, 4.69) is 15.9 Å². The number of ketones is 1. The second-order valence-electron chi connectivity index (χ2n) is 3.87. The van der Waals surface area contributed by atoms with Gasteiger partial charge >= 0.3 is 0 Å². The van der Waals surface area contributed by atoms with Gasteiger partial charge in [0, 0.05) is 20.0 Å². The minimum Gasteiger partial charge on any atom is -0.293 e. The number of carbonyl (C=O) groups excluding carboxylic acids is 1. The van der Waals surface area contributed by atoms with E-state index in [1.54, 1.807) is 48.5 Å². The molecule has 0 aliphatic carbocycles. The smallest absolute Gasteiger partial charge is 0.175 e. The number of halogens is 2. The van der Waals surface area contributed by atoms with Gasteiger partial charge < -0.3 is 0 Å². The average molecular weight is 358 g/mol. The van der Waals surface area contributed by atoms with Crippen LogP contribution in [-0.4, -0.2) is 15.7 Å². The Balaban J connectivity index is 2.08. The number of benzene rings is 2. The van der Waals surface area contributed by atoms with Crippen LogP contribution in [0.1, 0.15) is 10.4 Å². The summed E-state index contributed by atoms with van der Waals surface area (Å²) in [6.45, 7) is 0. The fourth-order valence-electron chi connectivity index (χ4n) is 1.51. The van der Waals surface area contributed by atoms with Crippen molar-refractivity contribution in [1.29, 1.82) is 0 Å². The molecule has 0 spiro atoms. The third-order valence-electron chi connectivity index (χ3n) is 2.50. The predicted molar refractivity (Wildman–Crippen MR) is 81.2 cm³/mol. The number of hydrogen-bond donors (Lipinski definition) is 0. The quantitative estimate of drug-likeness (QED) is 0.772. The van der Waals surface area contributed by atoms with Crippen LogP contribution in [0.15, 0.2) is 57.9 Å². The molecule has 0 radical (unpaired) electrons. The molecule has 19 heavy (non-hydrogen) atoms. The van der Waals surface area contributed by atoms with Crippen LogP contribution in [0, 0.1) is 0 Å². The summed E-state index contributed by atoms with van der Waals surface area (Å²) in [5.74, 6) is -0.179. The molecule has 0 saturated carbocycles. The Kier molecular flexibility index (Phi) is 4.91. The summed E-state index contributed by atoms with van der Waals surface area (Å²) in [5, 5.41) is 0.575. The zero-order chi connectivity index (χ0) is 13.8. The van der Waals surface area contributed by atoms with Crippen LogP contribution in [0.4, 0.5) is 0 Å². The van der Waals surface area contributed by atoms with Gasteiger partial charge in [-0.05, 0) is 48.5 Å². The second kappa shape index (κ2) is 6.46. The molecule has 0 saturated heterocycles. The highest BCUT2D eigenvalue weighted by Crippen LogP contribution is 2.15. The van der Waals surface area contributed by atoms with E-state index >= 15 is 0 Å². The van der Waals surface area contributed by atoms with E-state index in [4.69, 9.17) is 11.6 Å². The van der Waals surface area contributed by atoms with Gasteiger partial charge in [0.15, 0.2) is 5.78 Å². The fourth-order valence-corrected chi connectivity index (χ4v) is 2.91. The maximum atomic E-state index is 12.1. The molecule has 0 fully saturated rings. The first-order valence-corrected chi connectivity index (χ1v) is 7.98. The first-order valence-electron chi connectivity index (χ1n) is 5.49. The molecule has 0 bridgehead atoms. The van der Waals surface area contributed by atoms with Crippen LogP contribution in [0.3, 0.4) is 0 Å². The summed E-state index contributed by atoms with van der Waals surface area (Å²) in [7, 11) is -1.33. The molecule has 2 nitrogen and oxygen atoms in total. The predicted octanol–water partition coefficient (Wildman–Crippen LogP) is 4.09. The van der Waals surface area contributed by atoms with E-state index in [9.17, 15) is 9.00 Å². The molecule has 0 aliphatic rings. The lowest BCUT2D eigenvalue weighted by molar-refractivity contribution is 0.102. The summed E-state index contributed by atoms with van der Waals surface area (Å²) in [6.07, 6.45) is 0. The Morgan fingerprint density at radius 1 is 1.05 bits per heavy atom. The molecule has 0 aromatic heterocycles. The van der Waals surface area contributed by atoms with Crippen molar-refractivity contribution in [1.82, 2.24) is 0 Å². The molecule has 1 atom stereocenters. The van der Waals surface area contributed by atoms with E-state index in [0.29, 0.717) is 15.5 Å². The van der Waals surface area contributed by atoms with Crippen LogP contribution in [-0.2, 0) is 10.8 Å². The van der Waals surface area contributed by atoms with Crippen molar-refractivity contribution in [2.75, 3.05) is 5.75 Å². The molecule has 0 aliphatic heterocycles. The van der Waals surface area contributed by atoms with Crippen LogP contribution in [0.5, 0.6) is 0 Å². The maximum absolute atomic E-state index is 12.1. The van der Waals surface area contributed by atoms with Crippen molar-refractivity contribution in [2.45, 2.75) is 4.90 Å². The topological polar surface area (TPSA) is 34.1 Å². The Labute approximate surface area is 127 Å². The normalized spacial score (nSPS) is 12.1. The molecule has 1 unspecified atom stereocenters. The highest BCUT2D eigenvalue weighted by atomic mass is 79.9. The minimum atomic E-state index is -1.33. The van der Waals surface area contributed by atoms with E-state index in [0.717, 1.165) is 4.47 Å². The lowest BCUT2D eigenvalue weighted by Crippen LogP contribution is -2.10. The van der Waals surface area contributed by atoms with Crippen molar-refractivity contribution in [3.63, 3.8) is 0 Å². The zero-order valence-corrected chi connectivity index (χ0v) is 13.0. The van der Waals surface area contributed by atoms with Crippen molar-refractivity contribution >= 4 is 44.1 Å². The summed E-state index contributed by atoms with van der Waals surface area (Å²) >= 11 is 9.07. The standard InChI is InChI=1S/C14H10BrClO2S/c15-11-3-7-13(8-4-11)19(18)9-14(17)10-1-5-12(16)6-2-10/h1-8H,9H2. The Morgan fingerprint density at radius 3 is 2.21 bits per heavy atom. The number of Topliss-reactive ketones (excluding diaryl/α,β-unsaturated/α-hetero) is 1. The van der Waals surface area contributed by atoms with Gasteiger partial charge in [-0.1, -0.05) is 27.5 Å². The summed E-state index contributed by atoms with van der Waals surface area (Å²) in [4.78, 5) is 12.6. The monoisotopic (exact) mass is 356 g/mol. The largest absolute Gasteiger partial charge is 0.293 e. The molecule has 0 amide bonds. The third-order valence-corrected chi connectivity index (χ3v) is 4.61. The molecule has 0 N–H and O–H groups in total. The molecule has 2 aromatic rings. The van der Waals surface area contributed by atoms with Gasteiger partial charge in [0.1, 0.15) is 0 Å². The van der Waals surface area contributed by atoms with Crippen LogP contribution in [0.2, 0.25) is 5.02 Å². The van der Waals surface area contributed by atoms with Gasteiger partial charge in [-0.25, -0.2) is 0 Å². The first kappa shape index (κ1) is 14.4. The molecule has 98 valence electrons. The van der Waals surface area contributed by atoms with E-state index in [1.165, 1.54) is 0 Å². The first-order chi connectivity index (χ1) is 9.06. The lowest BCUT2D eigenvalue weighted by atomic mass is 10.1. The second-order valence-corrected chi connectivity index (χ2v) is 6.68. The Bertz CT molecular complexity index is 553. The van der Waals surface area contributed by atoms with E-state index < -0.39 is 10.8 Å². The minimum absolute atomic E-state index is 0.0245. The summed E-state index contributed by atoms with van der Waals surface area (Å²) in [5.41, 5.74) is 0.523. The van der Waals surface area contributed by atoms with Gasteiger partial charge in [-0.15, -0.1) is 0 Å². The van der Waals surface area contributed by atoms with Gasteiger partial charge in [0.25, 0.3) is 0 Å². The summed E-state index contributed by atoms with van der Waals surface area (Å²) in [6, 6.07) is 13.7. The SMILES string of the molecule is O=C(CS(=O)c1ccc(Br)cc1)c1ccc(Cl)cc1. The van der Waals surface area contributed by atoms with Crippen molar-refractivity contribution < 1.29 is 9.00 Å². The van der Waals surface area contributed by atoms with Crippen molar-refractivity contribution in [3.05, 3.63) is 63.6 Å². The molecule has 2 aromatic carbocycles. The van der Waals surface area contributed by atoms with Crippen molar-refractivity contribution in [2.24, 2.45) is 0 Å². The van der Waals surface area contributed by atoms with E-state index in [-0.39, 0.29) is 11.5 Å². The van der Waals surface area contributed by atoms with Gasteiger partial charge in [-0.3, -0.25) is 9.00 Å². The molecule has 2 rings (SSSR count). The third kappa shape index (κ3) is 4.00. The Hall–Kier alpha value is -0.970. The molecular weight excluding hydrogens is 348 g/mol. The van der Waals surface area contributed by atoms with Crippen LogP contribution in [0.25, 0.3) is 0 Å².